The van der Waals surface area contributed by atoms with E-state index in [-0.39, 0.29) is 85.1 Å². The van der Waals surface area contributed by atoms with E-state index in [4.69, 9.17) is 88.1 Å². The molecule has 4 fully saturated rings. The number of phosphoric ester groups is 4. The Morgan fingerprint density at radius 3 is 0.971 bits per heavy atom. The van der Waals surface area contributed by atoms with Gasteiger partial charge in [0.2, 0.25) is 0 Å². The molecule has 4 aliphatic heterocycles. The van der Waals surface area contributed by atoms with Crippen LogP contribution in [0.3, 0.4) is 0 Å². The van der Waals surface area contributed by atoms with Crippen LogP contribution in [0.5, 0.6) is 0 Å². The van der Waals surface area contributed by atoms with Crippen molar-refractivity contribution < 1.29 is 181 Å². The van der Waals surface area contributed by atoms with Crippen LogP contribution in [-0.2, 0) is 111 Å². The van der Waals surface area contributed by atoms with Crippen LogP contribution in [0.4, 0.5) is 0 Å². The van der Waals surface area contributed by atoms with Gasteiger partial charge in [0, 0.05) is 69.5 Å². The van der Waals surface area contributed by atoms with Crippen LogP contribution in [-0.4, -0.2) is 276 Å². The van der Waals surface area contributed by atoms with E-state index in [1.165, 1.54) is 13.8 Å². The molecule has 0 amide bonds. The summed E-state index contributed by atoms with van der Waals surface area (Å²) in [6, 6.07) is 0. The summed E-state index contributed by atoms with van der Waals surface area (Å²) < 4.78 is 168. The van der Waals surface area contributed by atoms with E-state index in [9.17, 15) is 93.3 Å². The monoisotopic (exact) mass is 1630 g/mol. The van der Waals surface area contributed by atoms with Gasteiger partial charge in [0.1, 0.15) is 50.3 Å². The Labute approximate surface area is 615 Å². The van der Waals surface area contributed by atoms with Gasteiger partial charge in [-0.25, -0.2) is 0 Å². The standard InChI is InChI=1S/C62H123O38P5/c1-43(2)101(72,73)100-48-34-44(3)96-52(48)38-94-105(80,81)95-42-62(39-82-22-19-31-91-102(74,75)88-28-16-10-7-13-25-85-59-45(4)53(66)56(69)49(35-63)97-59,40-83-23-20-32-92-103(76,77)89-29-17-11-8-14-26-86-60-46(5)54(67)57(70)50(36-64)98-60)41-84-24-21-33-93-104(78,79)90-30-18-12-9-15-27-87-61-47(6)55(68)58(71)51(37-65)99-61/h43-61,63-71H,7-42H2,1-6H3,(H,72,73)(H,74,75)(H,76,77)(H,78,79)(H,80,81)/p-5/t44-,45?,46?,47?,48?,49?,50?,51?,52+,53+,54+,55+,56-,57-,58-,59+,60+,61+,62?/m0/s1. The van der Waals surface area contributed by atoms with Crippen molar-refractivity contribution in [2.45, 2.75) is 242 Å². The van der Waals surface area contributed by atoms with E-state index >= 15 is 0 Å². The van der Waals surface area contributed by atoms with Crippen LogP contribution in [0.15, 0.2) is 0 Å². The third-order valence-electron chi connectivity index (χ3n) is 17.8. The second-order valence-electron chi connectivity index (χ2n) is 27.1. The van der Waals surface area contributed by atoms with Gasteiger partial charge < -0.3 is 163 Å². The maximum absolute atomic E-state index is 13.6. The Morgan fingerprint density at radius 1 is 0.371 bits per heavy atom. The highest BCUT2D eigenvalue weighted by atomic mass is 31.2. The third-order valence-corrected chi connectivity index (χ3v) is 23.5. The number of aliphatic hydroxyl groups is 9. The second-order valence-corrected chi connectivity index (χ2v) is 35.1. The topological polar surface area (TPSA) is 558 Å². The highest BCUT2D eigenvalue weighted by Crippen LogP contribution is 2.48. The number of unbranched alkanes of at least 4 members (excludes halogenated alkanes) is 9. The van der Waals surface area contributed by atoms with Gasteiger partial charge in [-0.15, -0.1) is 0 Å². The second kappa shape index (κ2) is 50.2. The Balaban J connectivity index is 1.33. The van der Waals surface area contributed by atoms with Crippen molar-refractivity contribution in [3.05, 3.63) is 0 Å². The highest BCUT2D eigenvalue weighted by molar-refractivity contribution is 7.52. The first-order valence-electron chi connectivity index (χ1n) is 36.1. The average molecular weight is 1630 g/mol. The molecule has 0 spiro atoms. The normalized spacial score (nSPS) is 31.8. The van der Waals surface area contributed by atoms with E-state index in [1.54, 1.807) is 27.7 Å². The summed E-state index contributed by atoms with van der Waals surface area (Å²) in [6.07, 6.45) is -9.65. The minimum Gasteiger partial charge on any atom is -0.778 e. The molecule has 0 aromatic carbocycles. The predicted molar refractivity (Wildman–Crippen MR) is 357 cm³/mol. The molecule has 0 aromatic heterocycles. The fraction of sp³-hybridized carbons (Fsp3) is 1.00. The molecule has 0 aromatic rings. The Bertz CT molecular complexity index is 2370. The molecule has 0 radical (unpaired) electrons. The molecule has 0 aliphatic carbocycles. The molecule has 38 nitrogen and oxygen atoms in total. The summed E-state index contributed by atoms with van der Waals surface area (Å²) in [5, 5.41) is 89.5. The van der Waals surface area contributed by atoms with Crippen molar-refractivity contribution >= 4 is 38.9 Å². The van der Waals surface area contributed by atoms with Gasteiger partial charge in [0.15, 0.2) is 18.9 Å². The molecular weight excluding hydrogens is 1510 g/mol. The molecule has 4 saturated heterocycles. The summed E-state index contributed by atoms with van der Waals surface area (Å²) in [7, 11) is -24.2. The summed E-state index contributed by atoms with van der Waals surface area (Å²) in [4.78, 5) is 64.4. The zero-order valence-electron chi connectivity index (χ0n) is 61.0. The van der Waals surface area contributed by atoms with Crippen molar-refractivity contribution in [2.75, 3.05) is 132 Å². The average Bonchev–Trinajstić information content (AvgIpc) is 1.64. The fourth-order valence-electron chi connectivity index (χ4n) is 11.2. The van der Waals surface area contributed by atoms with E-state index in [0.717, 1.165) is 0 Å². The first kappa shape index (κ1) is 97.2. The van der Waals surface area contributed by atoms with Crippen LogP contribution >= 0.6 is 38.9 Å². The van der Waals surface area contributed by atoms with Crippen LogP contribution in [0.2, 0.25) is 0 Å². The Hall–Kier alpha value is -0.170. The van der Waals surface area contributed by atoms with Crippen molar-refractivity contribution in [2.24, 2.45) is 23.2 Å². The minimum atomic E-state index is -5.36. The van der Waals surface area contributed by atoms with Gasteiger partial charge in [-0.2, -0.15) is 0 Å². The van der Waals surface area contributed by atoms with E-state index < -0.39 is 233 Å². The van der Waals surface area contributed by atoms with Gasteiger partial charge in [0.05, 0.1) is 128 Å². The van der Waals surface area contributed by atoms with Gasteiger partial charge >= 0.3 is 0 Å². The number of ether oxygens (including phenoxy) is 10. The van der Waals surface area contributed by atoms with E-state index in [2.05, 4.69) is 0 Å². The van der Waals surface area contributed by atoms with Crippen molar-refractivity contribution in [1.29, 1.82) is 0 Å². The number of hydrogen-bond donors (Lipinski definition) is 9. The molecular formula is C62H118O38P5-5. The van der Waals surface area contributed by atoms with Crippen molar-refractivity contribution in [1.82, 2.24) is 0 Å². The maximum Gasteiger partial charge on any atom is 0.267 e. The molecule has 0 saturated carbocycles. The summed E-state index contributed by atoms with van der Waals surface area (Å²) in [5.41, 5.74) is -2.53. The predicted octanol–water partition coefficient (Wildman–Crippen LogP) is 0.680. The van der Waals surface area contributed by atoms with Crippen molar-refractivity contribution in [3.8, 4) is 0 Å². The molecule has 624 valence electrons. The van der Waals surface area contributed by atoms with E-state index in [1.807, 2.05) is 0 Å². The maximum atomic E-state index is 13.6. The van der Waals surface area contributed by atoms with Gasteiger partial charge in [-0.05, 0) is 64.7 Å². The molecule has 9 N–H and O–H groups in total. The lowest BCUT2D eigenvalue weighted by molar-refractivity contribution is -0.282. The first-order valence-corrected chi connectivity index (χ1v) is 43.6. The molecule has 43 heteroatoms. The largest absolute Gasteiger partial charge is 0.778 e. The molecule has 0 bridgehead atoms. The molecule has 4 heterocycles. The molecule has 12 unspecified atom stereocenters. The van der Waals surface area contributed by atoms with Gasteiger partial charge in [0.25, 0.3) is 31.3 Å². The quantitative estimate of drug-likeness (QED) is 0.0299. The Morgan fingerprint density at radius 2 is 0.667 bits per heavy atom. The lowest BCUT2D eigenvalue weighted by atomic mass is 9.92. The van der Waals surface area contributed by atoms with E-state index in [0.29, 0.717) is 77.0 Å². The van der Waals surface area contributed by atoms with Crippen molar-refractivity contribution in [3.63, 3.8) is 0 Å². The summed E-state index contributed by atoms with van der Waals surface area (Å²) >= 11 is 0. The summed E-state index contributed by atoms with van der Waals surface area (Å²) in [6.45, 7) is 3.15. The molecule has 23 atom stereocenters. The number of aliphatic hydroxyl groups excluding tert-OH is 9. The van der Waals surface area contributed by atoms with Crippen LogP contribution < -0.4 is 24.5 Å². The number of phosphoric acid groups is 4. The number of hydrogen-bond acceptors (Lipinski definition) is 38. The SMILES string of the molecule is CC1[C@H](OCCCCCCOP(=O)([O-])OCCCOCC(COCCCOP(=O)([O-])OCCCCCCO[C@@H]2OC(CO)[C@H](O)[C@H](O)C2C)(COCCCOP(=O)([O-])OCCCCCCO[C@@H]2OC(CO)[C@H](O)[C@H](O)C2C)COP(=O)([O-])OC[C@H]2O[C@@H](C)CC2OP(=O)([O-])C(C)C)OC(CO)[C@H](O)[C@@H]1O. The third kappa shape index (κ3) is 36.9. The molecule has 4 rings (SSSR count). The van der Waals surface area contributed by atoms with Crippen LogP contribution in [0, 0.1) is 23.2 Å². The van der Waals surface area contributed by atoms with Gasteiger partial charge in [-0.3, -0.25) is 18.3 Å². The minimum absolute atomic E-state index is 0.0660. The highest BCUT2D eigenvalue weighted by Gasteiger charge is 2.46. The smallest absolute Gasteiger partial charge is 0.267 e. The zero-order chi connectivity index (χ0) is 77.9. The molecule has 4 aliphatic rings. The lowest BCUT2D eigenvalue weighted by Crippen LogP contribution is -2.55. The van der Waals surface area contributed by atoms with Crippen LogP contribution in [0.25, 0.3) is 0 Å². The zero-order valence-corrected chi connectivity index (χ0v) is 65.5. The fourth-order valence-corrected chi connectivity index (χ4v) is 15.2. The Kier molecular flexibility index (Phi) is 46.5. The summed E-state index contributed by atoms with van der Waals surface area (Å²) in [5.74, 6) is -1.68. The van der Waals surface area contributed by atoms with Crippen LogP contribution in [0.1, 0.15) is 144 Å². The molecule has 105 heavy (non-hydrogen) atoms. The lowest BCUT2D eigenvalue weighted by Gasteiger charge is -2.40. The van der Waals surface area contributed by atoms with Gasteiger partial charge in [-0.1, -0.05) is 73.1 Å². The number of rotatable bonds is 60. The first-order chi connectivity index (χ1) is 49.6.